The first-order chi connectivity index (χ1) is 9.13. The molecule has 0 spiro atoms. The Hall–Kier alpha value is -0.450. The molecule has 1 N–H and O–H groups in total. The lowest BCUT2D eigenvalue weighted by Gasteiger charge is -2.07. The number of aromatic nitrogens is 1. The van der Waals surface area contributed by atoms with Crippen LogP contribution >= 0.6 is 11.3 Å². The van der Waals surface area contributed by atoms with Gasteiger partial charge in [0, 0.05) is 31.0 Å². The molecule has 0 aliphatic carbocycles. The Balaban J connectivity index is 2.77. The summed E-state index contributed by atoms with van der Waals surface area (Å²) in [5.41, 5.74) is 1.27. The quantitative estimate of drug-likeness (QED) is 0.698. The lowest BCUT2D eigenvalue weighted by Crippen LogP contribution is -2.18. The summed E-state index contributed by atoms with van der Waals surface area (Å²) >= 11 is 1.89. The summed E-state index contributed by atoms with van der Waals surface area (Å²) in [4.78, 5) is 6.29. The van der Waals surface area contributed by atoms with Gasteiger partial charge in [0.15, 0.2) is 0 Å². The van der Waals surface area contributed by atoms with Crippen LogP contribution < -0.4 is 5.32 Å². The van der Waals surface area contributed by atoms with E-state index in [1.807, 2.05) is 11.3 Å². The number of hydrogen-bond acceptors (Lipinski definition) is 4. The predicted molar refractivity (Wildman–Crippen MR) is 83.1 cm³/mol. The van der Waals surface area contributed by atoms with Gasteiger partial charge in [-0.05, 0) is 18.8 Å². The van der Waals surface area contributed by atoms with Crippen molar-refractivity contribution in [1.82, 2.24) is 10.3 Å². The van der Waals surface area contributed by atoms with Crippen LogP contribution in [0.15, 0.2) is 0 Å². The van der Waals surface area contributed by atoms with Gasteiger partial charge < -0.3 is 10.1 Å². The van der Waals surface area contributed by atoms with Gasteiger partial charge in [-0.15, -0.1) is 11.3 Å². The van der Waals surface area contributed by atoms with Gasteiger partial charge in [0.25, 0.3) is 0 Å². The topological polar surface area (TPSA) is 34.2 Å². The van der Waals surface area contributed by atoms with Crippen LogP contribution in [0.2, 0.25) is 0 Å². The molecule has 19 heavy (non-hydrogen) atoms. The molecule has 110 valence electrons. The van der Waals surface area contributed by atoms with Crippen molar-refractivity contribution in [3.63, 3.8) is 0 Å². The molecule has 0 aliphatic rings. The maximum atomic E-state index is 5.06. The van der Waals surface area contributed by atoms with E-state index >= 15 is 0 Å². The minimum Gasteiger partial charge on any atom is -0.383 e. The van der Waals surface area contributed by atoms with Crippen molar-refractivity contribution in [3.05, 3.63) is 15.6 Å². The van der Waals surface area contributed by atoms with E-state index in [9.17, 15) is 0 Å². The summed E-state index contributed by atoms with van der Waals surface area (Å²) in [6.07, 6.45) is 2.36. The predicted octanol–water partition coefficient (Wildman–Crippen LogP) is 3.91. The maximum absolute atomic E-state index is 5.06. The van der Waals surface area contributed by atoms with Gasteiger partial charge in [-0.2, -0.15) is 0 Å². The van der Waals surface area contributed by atoms with Crippen LogP contribution in [0.5, 0.6) is 0 Å². The summed E-state index contributed by atoms with van der Waals surface area (Å²) in [7, 11) is 1.74. The Bertz CT molecular complexity index is 359. The fourth-order valence-corrected chi connectivity index (χ4v) is 3.61. The highest BCUT2D eigenvalue weighted by molar-refractivity contribution is 7.11. The molecule has 1 aromatic heterocycles. The number of methoxy groups -OCH3 is 1. The van der Waals surface area contributed by atoms with Gasteiger partial charge in [-0.3, -0.25) is 0 Å². The highest BCUT2D eigenvalue weighted by Crippen LogP contribution is 2.32. The minimum absolute atomic E-state index is 0.499. The van der Waals surface area contributed by atoms with E-state index in [4.69, 9.17) is 9.72 Å². The van der Waals surface area contributed by atoms with Gasteiger partial charge in [0.1, 0.15) is 0 Å². The van der Waals surface area contributed by atoms with Gasteiger partial charge in [-0.1, -0.05) is 27.7 Å². The van der Waals surface area contributed by atoms with Crippen LogP contribution in [-0.4, -0.2) is 25.2 Å². The lowest BCUT2D eigenvalue weighted by molar-refractivity contribution is 0.199. The molecule has 3 nitrogen and oxygen atoms in total. The molecule has 0 radical (unpaired) electrons. The molecular formula is C15H28N2OS. The van der Waals surface area contributed by atoms with Gasteiger partial charge >= 0.3 is 0 Å². The van der Waals surface area contributed by atoms with Crippen molar-refractivity contribution >= 4 is 11.3 Å². The normalized spacial score (nSPS) is 11.7. The Morgan fingerprint density at radius 1 is 1.26 bits per heavy atom. The Labute approximate surface area is 121 Å². The number of rotatable bonds is 9. The van der Waals surface area contributed by atoms with E-state index in [0.29, 0.717) is 11.8 Å². The van der Waals surface area contributed by atoms with Crippen LogP contribution in [-0.2, 0) is 11.3 Å². The molecule has 0 atom stereocenters. The molecule has 0 fully saturated rings. The molecule has 1 aromatic rings. The molecule has 0 unspecified atom stereocenters. The molecule has 1 rings (SSSR count). The maximum Gasteiger partial charge on any atom is 0.0962 e. The second kappa shape index (κ2) is 8.67. The molecule has 4 heteroatoms. The van der Waals surface area contributed by atoms with Crippen LogP contribution in [0.3, 0.4) is 0 Å². The number of nitrogens with zero attached hydrogens (tertiary/aromatic N) is 1. The van der Waals surface area contributed by atoms with Crippen LogP contribution in [0.1, 0.15) is 68.0 Å². The monoisotopic (exact) mass is 284 g/mol. The van der Waals surface area contributed by atoms with E-state index in [0.717, 1.165) is 19.7 Å². The largest absolute Gasteiger partial charge is 0.383 e. The molecule has 0 saturated heterocycles. The standard InChI is InChI=1S/C15H28N2OS/c1-6-12(7-2)15-17-14(11(3)4)13(19-15)10-16-8-9-18-5/h11-12,16H,6-10H2,1-5H3. The molecular weight excluding hydrogens is 256 g/mol. The second-order valence-corrected chi connectivity index (χ2v) is 6.31. The minimum atomic E-state index is 0.499. The highest BCUT2D eigenvalue weighted by atomic mass is 32.1. The van der Waals surface area contributed by atoms with Crippen LogP contribution in [0.4, 0.5) is 0 Å². The molecule has 0 aromatic carbocycles. The third-order valence-corrected chi connectivity index (χ3v) is 4.63. The van der Waals surface area contributed by atoms with E-state index in [1.54, 1.807) is 7.11 Å². The summed E-state index contributed by atoms with van der Waals surface area (Å²) in [5.74, 6) is 1.12. The Kier molecular flexibility index (Phi) is 7.57. The summed E-state index contributed by atoms with van der Waals surface area (Å²) in [6, 6.07) is 0. The van der Waals surface area contributed by atoms with Crippen LogP contribution in [0, 0.1) is 0 Å². The third kappa shape index (κ3) is 4.86. The molecule has 0 aliphatic heterocycles. The van der Waals surface area contributed by atoms with E-state index in [-0.39, 0.29) is 0 Å². The molecule has 1 heterocycles. The fraction of sp³-hybridized carbons (Fsp3) is 0.800. The summed E-state index contributed by atoms with van der Waals surface area (Å²) in [5, 5.41) is 4.75. The first kappa shape index (κ1) is 16.6. The molecule has 0 saturated carbocycles. The van der Waals surface area contributed by atoms with Crippen molar-refractivity contribution in [1.29, 1.82) is 0 Å². The van der Waals surface area contributed by atoms with Gasteiger partial charge in [0.2, 0.25) is 0 Å². The summed E-state index contributed by atoms with van der Waals surface area (Å²) < 4.78 is 5.06. The van der Waals surface area contributed by atoms with Gasteiger partial charge in [-0.25, -0.2) is 4.98 Å². The van der Waals surface area contributed by atoms with Gasteiger partial charge in [0.05, 0.1) is 17.3 Å². The van der Waals surface area contributed by atoms with Crippen molar-refractivity contribution < 1.29 is 4.74 Å². The first-order valence-corrected chi connectivity index (χ1v) is 8.14. The van der Waals surface area contributed by atoms with Crippen molar-refractivity contribution in [2.75, 3.05) is 20.3 Å². The average molecular weight is 284 g/mol. The van der Waals surface area contributed by atoms with Crippen molar-refractivity contribution in [2.24, 2.45) is 0 Å². The average Bonchev–Trinajstić information content (AvgIpc) is 2.80. The Morgan fingerprint density at radius 2 is 1.95 bits per heavy atom. The fourth-order valence-electron chi connectivity index (χ4n) is 2.15. The smallest absolute Gasteiger partial charge is 0.0962 e. The number of nitrogens with one attached hydrogen (secondary N) is 1. The zero-order valence-corrected chi connectivity index (χ0v) is 13.8. The zero-order chi connectivity index (χ0) is 14.3. The van der Waals surface area contributed by atoms with Crippen molar-refractivity contribution in [3.8, 4) is 0 Å². The summed E-state index contributed by atoms with van der Waals surface area (Å²) in [6.45, 7) is 11.5. The van der Waals surface area contributed by atoms with Crippen molar-refractivity contribution in [2.45, 2.75) is 58.9 Å². The number of ether oxygens (including phenoxy) is 1. The van der Waals surface area contributed by atoms with E-state index in [1.165, 1.54) is 28.4 Å². The lowest BCUT2D eigenvalue weighted by atomic mass is 10.0. The molecule has 0 bridgehead atoms. The third-order valence-electron chi connectivity index (χ3n) is 3.39. The van der Waals surface area contributed by atoms with Crippen LogP contribution in [0.25, 0.3) is 0 Å². The number of thiazole rings is 1. The van der Waals surface area contributed by atoms with E-state index in [2.05, 4.69) is 33.0 Å². The Morgan fingerprint density at radius 3 is 2.47 bits per heavy atom. The zero-order valence-electron chi connectivity index (χ0n) is 13.0. The van der Waals surface area contributed by atoms with E-state index < -0.39 is 0 Å². The highest BCUT2D eigenvalue weighted by Gasteiger charge is 2.18. The first-order valence-electron chi connectivity index (χ1n) is 7.33. The SMILES string of the molecule is CCC(CC)c1nc(C(C)C)c(CNCCOC)s1. The molecule has 0 amide bonds. The second-order valence-electron chi connectivity index (χ2n) is 5.20. The number of hydrogen-bond donors (Lipinski definition) is 1.